The average molecular weight is 479 g/mol. The summed E-state index contributed by atoms with van der Waals surface area (Å²) in [5.41, 5.74) is 11.0. The molecule has 0 spiro atoms. The van der Waals surface area contributed by atoms with Crippen molar-refractivity contribution in [1.82, 2.24) is 24.6 Å². The zero-order valence-electron chi connectivity index (χ0n) is 19.8. The maximum Gasteiger partial charge on any atom is 0.250 e. The largest absolute Gasteiger partial charge is 0.457 e. The van der Waals surface area contributed by atoms with Crippen LogP contribution in [0.4, 0.5) is 5.82 Å². The summed E-state index contributed by atoms with van der Waals surface area (Å²) in [5.74, 6) is 1.80. The number of para-hydroxylation sites is 1. The van der Waals surface area contributed by atoms with E-state index in [2.05, 4.69) is 16.5 Å². The minimum absolute atomic E-state index is 0.0751. The third kappa shape index (κ3) is 3.71. The first-order valence-electron chi connectivity index (χ1n) is 12.1. The van der Waals surface area contributed by atoms with E-state index >= 15 is 0 Å². The first kappa shape index (κ1) is 22.0. The van der Waals surface area contributed by atoms with Crippen molar-refractivity contribution in [1.29, 1.82) is 0 Å². The number of hydrogen-bond donors (Lipinski definition) is 1. The Kier molecular flexibility index (Phi) is 5.48. The molecule has 0 saturated heterocycles. The summed E-state index contributed by atoms with van der Waals surface area (Å²) in [6.07, 6.45) is 6.60. The third-order valence-electron chi connectivity index (χ3n) is 6.91. The molecule has 1 unspecified atom stereocenters. The van der Waals surface area contributed by atoms with Crippen molar-refractivity contribution >= 4 is 22.8 Å². The molecule has 2 N–H and O–H groups in total. The number of aromatic nitrogens is 4. The van der Waals surface area contributed by atoms with Gasteiger partial charge in [-0.1, -0.05) is 24.8 Å². The second-order valence-electron chi connectivity index (χ2n) is 9.03. The fourth-order valence-electron chi connectivity index (χ4n) is 5.30. The number of allylic oxidation sites excluding steroid dienone is 2. The molecule has 0 saturated carbocycles. The van der Waals surface area contributed by atoms with Gasteiger partial charge in [-0.2, -0.15) is 5.10 Å². The van der Waals surface area contributed by atoms with Crippen molar-refractivity contribution in [2.75, 3.05) is 12.3 Å². The Morgan fingerprint density at radius 2 is 1.83 bits per heavy atom. The van der Waals surface area contributed by atoms with Gasteiger partial charge in [-0.25, -0.2) is 14.6 Å². The molecule has 1 aliphatic carbocycles. The third-order valence-corrected chi connectivity index (χ3v) is 6.91. The number of rotatable bonds is 5. The lowest BCUT2D eigenvalue weighted by atomic mass is 10.0. The predicted octanol–water partition coefficient (Wildman–Crippen LogP) is 5.27. The zero-order valence-corrected chi connectivity index (χ0v) is 19.8. The number of nitrogen functional groups attached to an aromatic ring is 1. The lowest BCUT2D eigenvalue weighted by molar-refractivity contribution is -0.124. The van der Waals surface area contributed by atoms with Crippen molar-refractivity contribution in [3.63, 3.8) is 0 Å². The van der Waals surface area contributed by atoms with E-state index < -0.39 is 0 Å². The van der Waals surface area contributed by atoms with E-state index in [1.165, 1.54) is 18.0 Å². The number of ether oxygens (including phenoxy) is 1. The van der Waals surface area contributed by atoms with Crippen molar-refractivity contribution in [2.24, 2.45) is 0 Å². The number of carbonyl (C=O) groups excluding carboxylic acids is 1. The van der Waals surface area contributed by atoms with Crippen molar-refractivity contribution in [3.8, 4) is 22.8 Å². The number of amides is 1. The summed E-state index contributed by atoms with van der Waals surface area (Å²) in [7, 11) is 0. The fraction of sp³-hybridized carbons (Fsp3) is 0.214. The Balaban J connectivity index is 1.41. The molecule has 2 aromatic carbocycles. The number of anilines is 1. The molecule has 0 bridgehead atoms. The van der Waals surface area contributed by atoms with Gasteiger partial charge in [0.2, 0.25) is 5.91 Å². The molecule has 8 heteroatoms. The van der Waals surface area contributed by atoms with Crippen LogP contribution in [-0.2, 0) is 4.79 Å². The van der Waals surface area contributed by atoms with Crippen molar-refractivity contribution < 1.29 is 9.53 Å². The van der Waals surface area contributed by atoms with Crippen LogP contribution in [0.25, 0.3) is 22.3 Å². The Hall–Kier alpha value is -4.46. The van der Waals surface area contributed by atoms with E-state index in [4.69, 9.17) is 15.6 Å². The molecule has 180 valence electrons. The van der Waals surface area contributed by atoms with Crippen molar-refractivity contribution in [2.45, 2.75) is 31.7 Å². The monoisotopic (exact) mass is 478 g/mol. The second kappa shape index (κ2) is 8.96. The van der Waals surface area contributed by atoms with E-state index in [9.17, 15) is 4.79 Å². The van der Waals surface area contributed by atoms with Gasteiger partial charge in [0.25, 0.3) is 0 Å². The molecule has 6 rings (SSSR count). The highest BCUT2D eigenvalue weighted by molar-refractivity contribution is 5.98. The van der Waals surface area contributed by atoms with Crippen LogP contribution in [0, 0.1) is 0 Å². The molecule has 8 nitrogen and oxygen atoms in total. The van der Waals surface area contributed by atoms with Gasteiger partial charge in [0.05, 0.1) is 11.4 Å². The molecule has 2 aliphatic rings. The van der Waals surface area contributed by atoms with Gasteiger partial charge < -0.3 is 15.4 Å². The van der Waals surface area contributed by atoms with Crippen LogP contribution >= 0.6 is 0 Å². The quantitative estimate of drug-likeness (QED) is 0.393. The van der Waals surface area contributed by atoms with Crippen LogP contribution in [-0.4, -0.2) is 37.1 Å². The highest BCUT2D eigenvalue weighted by Gasteiger charge is 2.37. The molecule has 1 atom stereocenters. The summed E-state index contributed by atoms with van der Waals surface area (Å²) >= 11 is 0. The van der Waals surface area contributed by atoms with E-state index in [1.807, 2.05) is 64.2 Å². The zero-order chi connectivity index (χ0) is 24.6. The normalized spacial score (nSPS) is 17.3. The number of carbonyl (C=O) groups is 1. The summed E-state index contributed by atoms with van der Waals surface area (Å²) in [6, 6.07) is 17.3. The molecule has 2 aromatic heterocycles. The van der Waals surface area contributed by atoms with E-state index in [0.717, 1.165) is 48.4 Å². The first-order valence-corrected chi connectivity index (χ1v) is 12.1. The van der Waals surface area contributed by atoms with Crippen LogP contribution in [0.2, 0.25) is 0 Å². The average Bonchev–Trinajstić information content (AvgIpc) is 3.52. The molecule has 1 amide bonds. The smallest absolute Gasteiger partial charge is 0.250 e. The topological polar surface area (TPSA) is 99.2 Å². The number of nitrogens with two attached hydrogens (primary N) is 1. The Morgan fingerprint density at radius 1 is 1.06 bits per heavy atom. The fourth-order valence-corrected chi connectivity index (χ4v) is 5.30. The maximum absolute atomic E-state index is 12.7. The molecule has 4 aromatic rings. The Bertz CT molecular complexity index is 1490. The molecule has 0 radical (unpaired) electrons. The van der Waals surface area contributed by atoms with Gasteiger partial charge in [0, 0.05) is 17.8 Å². The second-order valence-corrected chi connectivity index (χ2v) is 9.03. The number of fused-ring (bicyclic) bond motifs is 1. The van der Waals surface area contributed by atoms with Gasteiger partial charge in [0.1, 0.15) is 29.3 Å². The van der Waals surface area contributed by atoms with E-state index in [-0.39, 0.29) is 11.9 Å². The van der Waals surface area contributed by atoms with Gasteiger partial charge in [0.15, 0.2) is 5.65 Å². The molecule has 36 heavy (non-hydrogen) atoms. The molecule has 3 heterocycles. The molecular weight excluding hydrogens is 452 g/mol. The van der Waals surface area contributed by atoms with Crippen LogP contribution in [0.1, 0.15) is 31.7 Å². The summed E-state index contributed by atoms with van der Waals surface area (Å²) in [6.45, 7) is 4.39. The maximum atomic E-state index is 12.7. The Morgan fingerprint density at radius 3 is 2.61 bits per heavy atom. The van der Waals surface area contributed by atoms with Gasteiger partial charge in [-0.3, -0.25) is 4.79 Å². The van der Waals surface area contributed by atoms with Gasteiger partial charge >= 0.3 is 0 Å². The van der Waals surface area contributed by atoms with Crippen LogP contribution < -0.4 is 10.5 Å². The highest BCUT2D eigenvalue weighted by Crippen LogP contribution is 2.44. The minimum Gasteiger partial charge on any atom is -0.457 e. The van der Waals surface area contributed by atoms with Crippen LogP contribution in [0.15, 0.2) is 84.8 Å². The van der Waals surface area contributed by atoms with Crippen molar-refractivity contribution in [3.05, 3.63) is 84.8 Å². The van der Waals surface area contributed by atoms with E-state index in [0.29, 0.717) is 29.1 Å². The van der Waals surface area contributed by atoms with E-state index in [1.54, 1.807) is 0 Å². The van der Waals surface area contributed by atoms with Gasteiger partial charge in [-0.15, -0.1) is 0 Å². The van der Waals surface area contributed by atoms with Crippen LogP contribution in [0.3, 0.4) is 0 Å². The summed E-state index contributed by atoms with van der Waals surface area (Å²) in [4.78, 5) is 23.4. The standard InChI is InChI=1S/C28H26N6O2/c1-2-23(35)33-16-6-7-19-12-15-22(26(19)33)34-28-24(27(29)30-17-31-28)25(32-34)18-10-13-21(14-11-18)36-20-8-4-3-5-9-20/h2-5,8-11,13-14,17,22H,1,6-7,12,15-16H2,(H2,29,30,31). The molecule has 0 fully saturated rings. The number of nitrogens with zero attached hydrogens (tertiary/aromatic N) is 5. The lowest BCUT2D eigenvalue weighted by Gasteiger charge is -2.31. The Labute approximate surface area is 208 Å². The summed E-state index contributed by atoms with van der Waals surface area (Å²) in [5, 5.41) is 5.73. The highest BCUT2D eigenvalue weighted by atomic mass is 16.5. The minimum atomic E-state index is -0.101. The first-order chi connectivity index (χ1) is 17.6. The lowest BCUT2D eigenvalue weighted by Crippen LogP contribution is -2.35. The number of benzene rings is 2. The molecule has 1 aliphatic heterocycles. The SMILES string of the molecule is C=CC(=O)N1CCCC2=C1C(n1nc(-c3ccc(Oc4ccccc4)cc3)c3c(N)ncnc31)CC2. The number of hydrogen-bond acceptors (Lipinski definition) is 6. The molecular formula is C28H26N6O2. The predicted molar refractivity (Wildman–Crippen MR) is 138 cm³/mol. The summed E-state index contributed by atoms with van der Waals surface area (Å²) < 4.78 is 7.87. The van der Waals surface area contributed by atoms with Crippen LogP contribution in [0.5, 0.6) is 11.5 Å². The van der Waals surface area contributed by atoms with Gasteiger partial charge in [-0.05, 0) is 73.7 Å².